The fraction of sp³-hybridized carbons (Fsp3) is 0.147. The van der Waals surface area contributed by atoms with Crippen molar-refractivity contribution in [3.05, 3.63) is 120 Å². The van der Waals surface area contributed by atoms with Gasteiger partial charge < -0.3 is 19.7 Å². The highest BCUT2D eigenvalue weighted by atomic mass is 16.5. The van der Waals surface area contributed by atoms with Crippen LogP contribution in [0.1, 0.15) is 29.8 Å². The second kappa shape index (κ2) is 10.6. The quantitative estimate of drug-likeness (QED) is 0.237. The molecule has 42 heavy (non-hydrogen) atoms. The maximum atomic E-state index is 5.66. The molecule has 0 radical (unpaired) electrons. The Kier molecular flexibility index (Phi) is 6.43. The van der Waals surface area contributed by atoms with Crippen LogP contribution in [0.4, 0.5) is 22.9 Å². The number of ether oxygens (including phenoxy) is 2. The topological polar surface area (TPSA) is 76.3 Å². The molecule has 0 amide bonds. The van der Waals surface area contributed by atoms with Gasteiger partial charge in [0.15, 0.2) is 17.5 Å². The minimum atomic E-state index is -0.228. The summed E-state index contributed by atoms with van der Waals surface area (Å²) in [7, 11) is 1.69. The van der Waals surface area contributed by atoms with Gasteiger partial charge in [0.2, 0.25) is 0 Å². The Labute approximate surface area is 244 Å². The lowest BCUT2D eigenvalue weighted by atomic mass is 9.93. The summed E-state index contributed by atoms with van der Waals surface area (Å²) in [5.41, 5.74) is 6.66. The maximum Gasteiger partial charge on any atom is 0.179 e. The second-order valence-corrected chi connectivity index (χ2v) is 10.1. The number of aliphatic imine (C=N–C) groups is 2. The molecule has 0 aliphatic carbocycles. The smallest absolute Gasteiger partial charge is 0.179 e. The van der Waals surface area contributed by atoms with Crippen LogP contribution >= 0.6 is 0 Å². The molecule has 0 saturated carbocycles. The molecule has 0 spiro atoms. The number of aryl methyl sites for hydroxylation is 1. The van der Waals surface area contributed by atoms with Crippen molar-refractivity contribution in [1.29, 1.82) is 0 Å². The number of methoxy groups -OCH3 is 1. The summed E-state index contributed by atoms with van der Waals surface area (Å²) in [5, 5.41) is 8.56. The lowest BCUT2D eigenvalue weighted by molar-refractivity contribution is 0.340. The van der Waals surface area contributed by atoms with Crippen molar-refractivity contribution in [1.82, 2.24) is 9.78 Å². The Morgan fingerprint density at radius 3 is 2.40 bits per heavy atom. The minimum absolute atomic E-state index is 0.228. The monoisotopic (exact) mass is 554 g/mol. The fourth-order valence-electron chi connectivity index (χ4n) is 5.61. The SMILES string of the molecule is CCOc1ccc(NC2=Nc3ccccc3N3C2=Nc2c(c(C)nn2-c2ccccc2)[C@H]3c2cccc(OC)c2)cc1. The number of aromatic nitrogens is 2. The zero-order valence-electron chi connectivity index (χ0n) is 23.7. The van der Waals surface area contributed by atoms with E-state index < -0.39 is 0 Å². The molecule has 2 aliphatic rings. The third kappa shape index (κ3) is 4.37. The standard InChI is InChI=1S/C34H30N6O2/c1-4-42-26-19-17-24(18-20-26)35-32-34-37-33-30(22(2)38-40(33)25-12-6-5-7-13-25)31(23-11-10-14-27(21-23)41-3)39(34)29-16-9-8-15-28(29)36-32/h5-21,31H,4H2,1-3H3,(H,35,36)/t31-/m1/s1. The average molecular weight is 555 g/mol. The molecule has 8 nitrogen and oxygen atoms in total. The molecule has 4 aromatic carbocycles. The molecule has 0 fully saturated rings. The molecule has 1 atom stereocenters. The van der Waals surface area contributed by atoms with Gasteiger partial charge in [-0.3, -0.25) is 0 Å². The van der Waals surface area contributed by atoms with Crippen LogP contribution in [0.5, 0.6) is 11.5 Å². The zero-order valence-corrected chi connectivity index (χ0v) is 23.7. The van der Waals surface area contributed by atoms with Gasteiger partial charge in [0, 0.05) is 11.3 Å². The van der Waals surface area contributed by atoms with Crippen LogP contribution in [-0.4, -0.2) is 35.2 Å². The zero-order chi connectivity index (χ0) is 28.6. The van der Waals surface area contributed by atoms with E-state index in [9.17, 15) is 0 Å². The van der Waals surface area contributed by atoms with E-state index in [4.69, 9.17) is 24.6 Å². The fourth-order valence-corrected chi connectivity index (χ4v) is 5.61. The Morgan fingerprint density at radius 1 is 0.833 bits per heavy atom. The third-order valence-corrected chi connectivity index (χ3v) is 7.48. The van der Waals surface area contributed by atoms with Crippen LogP contribution in [0.25, 0.3) is 5.69 Å². The van der Waals surface area contributed by atoms with E-state index in [2.05, 4.69) is 35.3 Å². The van der Waals surface area contributed by atoms with Gasteiger partial charge in [-0.25, -0.2) is 14.7 Å². The van der Waals surface area contributed by atoms with Crippen molar-refractivity contribution >= 4 is 34.6 Å². The first-order valence-electron chi connectivity index (χ1n) is 14.0. The number of nitrogens with one attached hydrogen (secondary N) is 1. The lowest BCUT2D eigenvalue weighted by Crippen LogP contribution is -2.46. The average Bonchev–Trinajstić information content (AvgIpc) is 3.37. The summed E-state index contributed by atoms with van der Waals surface area (Å²) in [6, 6.07) is 34.2. The number of nitrogens with zero attached hydrogens (tertiary/aromatic N) is 5. The molecule has 0 saturated heterocycles. The lowest BCUT2D eigenvalue weighted by Gasteiger charge is -2.40. The Bertz CT molecular complexity index is 1830. The van der Waals surface area contributed by atoms with Crippen LogP contribution < -0.4 is 19.7 Å². The van der Waals surface area contributed by atoms with Crippen molar-refractivity contribution < 1.29 is 9.47 Å². The summed E-state index contributed by atoms with van der Waals surface area (Å²) >= 11 is 0. The molecule has 7 rings (SSSR count). The van der Waals surface area contributed by atoms with Gasteiger partial charge in [0.1, 0.15) is 11.5 Å². The summed E-state index contributed by atoms with van der Waals surface area (Å²) in [6.07, 6.45) is 0. The number of benzene rings is 4. The highest BCUT2D eigenvalue weighted by Gasteiger charge is 2.41. The highest BCUT2D eigenvalue weighted by molar-refractivity contribution is 6.51. The second-order valence-electron chi connectivity index (χ2n) is 10.1. The predicted octanol–water partition coefficient (Wildman–Crippen LogP) is 7.38. The van der Waals surface area contributed by atoms with Crippen LogP contribution in [0.15, 0.2) is 113 Å². The largest absolute Gasteiger partial charge is 0.497 e. The van der Waals surface area contributed by atoms with E-state index in [0.717, 1.165) is 56.9 Å². The van der Waals surface area contributed by atoms with E-state index in [1.54, 1.807) is 7.11 Å². The van der Waals surface area contributed by atoms with E-state index in [-0.39, 0.29) is 6.04 Å². The molecule has 1 N–H and O–H groups in total. The van der Waals surface area contributed by atoms with Crippen molar-refractivity contribution in [3.63, 3.8) is 0 Å². The number of rotatable bonds is 6. The third-order valence-electron chi connectivity index (χ3n) is 7.48. The molecular weight excluding hydrogens is 524 g/mol. The highest BCUT2D eigenvalue weighted by Crippen LogP contribution is 2.48. The predicted molar refractivity (Wildman–Crippen MR) is 167 cm³/mol. The summed E-state index contributed by atoms with van der Waals surface area (Å²) < 4.78 is 13.2. The molecule has 208 valence electrons. The molecular formula is C34H30N6O2. The van der Waals surface area contributed by atoms with Crippen molar-refractivity contribution in [3.8, 4) is 17.2 Å². The first-order valence-corrected chi connectivity index (χ1v) is 14.0. The molecule has 0 unspecified atom stereocenters. The number of hydrogen-bond acceptors (Lipinski definition) is 7. The van der Waals surface area contributed by atoms with Crippen LogP contribution in [0.2, 0.25) is 0 Å². The van der Waals surface area contributed by atoms with E-state index in [1.165, 1.54) is 0 Å². The van der Waals surface area contributed by atoms with Gasteiger partial charge in [-0.2, -0.15) is 5.10 Å². The van der Waals surface area contributed by atoms with Gasteiger partial charge in [0.25, 0.3) is 0 Å². The van der Waals surface area contributed by atoms with E-state index in [1.807, 2.05) is 96.5 Å². The van der Waals surface area contributed by atoms with Gasteiger partial charge in [0.05, 0.1) is 42.5 Å². The first-order chi connectivity index (χ1) is 20.6. The molecule has 8 heteroatoms. The number of anilines is 2. The summed E-state index contributed by atoms with van der Waals surface area (Å²) in [6.45, 7) is 4.64. The molecule has 0 bridgehead atoms. The van der Waals surface area contributed by atoms with Crippen molar-refractivity contribution in [2.45, 2.75) is 19.9 Å². The number of para-hydroxylation sites is 3. The normalized spacial score (nSPS) is 15.1. The Morgan fingerprint density at radius 2 is 1.62 bits per heavy atom. The number of hydrogen-bond donors (Lipinski definition) is 1. The van der Waals surface area contributed by atoms with E-state index >= 15 is 0 Å². The maximum absolute atomic E-state index is 5.66. The molecule has 2 aliphatic heterocycles. The van der Waals surface area contributed by atoms with Gasteiger partial charge >= 0.3 is 0 Å². The van der Waals surface area contributed by atoms with Gasteiger partial charge in [-0.05, 0) is 80.1 Å². The molecule has 5 aromatic rings. The van der Waals surface area contributed by atoms with E-state index in [0.29, 0.717) is 18.3 Å². The molecule has 1 aromatic heterocycles. The number of amidine groups is 2. The Hall–Kier alpha value is -5.37. The van der Waals surface area contributed by atoms with Crippen molar-refractivity contribution in [2.75, 3.05) is 23.9 Å². The van der Waals surface area contributed by atoms with Gasteiger partial charge in [-0.1, -0.05) is 42.5 Å². The van der Waals surface area contributed by atoms with Gasteiger partial charge in [-0.15, -0.1) is 0 Å². The minimum Gasteiger partial charge on any atom is -0.497 e. The summed E-state index contributed by atoms with van der Waals surface area (Å²) in [4.78, 5) is 12.6. The Balaban J connectivity index is 1.45. The van der Waals surface area contributed by atoms with Crippen LogP contribution in [0, 0.1) is 6.92 Å². The number of fused-ring (bicyclic) bond motifs is 4. The van der Waals surface area contributed by atoms with Crippen molar-refractivity contribution in [2.24, 2.45) is 9.98 Å². The van der Waals surface area contributed by atoms with Crippen LogP contribution in [0.3, 0.4) is 0 Å². The van der Waals surface area contributed by atoms with Crippen LogP contribution in [-0.2, 0) is 0 Å². The summed E-state index contributed by atoms with van der Waals surface area (Å²) in [5.74, 6) is 3.74. The molecule has 3 heterocycles. The first kappa shape index (κ1) is 25.6.